The van der Waals surface area contributed by atoms with E-state index in [-0.39, 0.29) is 11.7 Å². The molecule has 214 valence electrons. The van der Waals surface area contributed by atoms with E-state index < -0.39 is 0 Å². The summed E-state index contributed by atoms with van der Waals surface area (Å²) in [5.41, 5.74) is 6.56. The van der Waals surface area contributed by atoms with Crippen LogP contribution in [0.4, 0.5) is 0 Å². The molecule has 1 heterocycles. The predicted octanol–water partition coefficient (Wildman–Crippen LogP) is 6.05. The summed E-state index contributed by atoms with van der Waals surface area (Å²) in [6.07, 6.45) is 3.95. The molecule has 1 aromatic heterocycles. The standard InChI is InChI=1S/C30H31ClN4O5S/c1-20-15-21(9-13-25(20)37-2)5-4-6-29-34-35-30(40-29)41-19-28(36)33-32-17-23-10-14-26(27(16-23)38-3)39-18-22-7-11-24(31)12-8-22/h7-17H,4-6,18-19H2,1-3H3,(H,33,36)/b32-17-. The molecule has 4 aromatic rings. The molecule has 11 heteroatoms. The van der Waals surface area contributed by atoms with Crippen molar-refractivity contribution < 1.29 is 23.4 Å². The van der Waals surface area contributed by atoms with Gasteiger partial charge in [0.2, 0.25) is 5.89 Å². The van der Waals surface area contributed by atoms with Gasteiger partial charge in [0.25, 0.3) is 11.1 Å². The third-order valence-electron chi connectivity index (χ3n) is 5.99. The van der Waals surface area contributed by atoms with Crippen LogP contribution in [0.1, 0.15) is 34.6 Å². The predicted molar refractivity (Wildman–Crippen MR) is 159 cm³/mol. The molecule has 0 unspecified atom stereocenters. The van der Waals surface area contributed by atoms with Crippen molar-refractivity contribution >= 4 is 35.5 Å². The summed E-state index contributed by atoms with van der Waals surface area (Å²) >= 11 is 7.09. The minimum absolute atomic E-state index is 0.0882. The average molecular weight is 595 g/mol. The summed E-state index contributed by atoms with van der Waals surface area (Å²) in [4.78, 5) is 12.2. The SMILES string of the molecule is COc1ccc(CCCc2nnc(SCC(=O)N/N=C\c3ccc(OCc4ccc(Cl)cc4)c(OC)c3)o2)cc1C. The highest BCUT2D eigenvalue weighted by Gasteiger charge is 2.10. The normalized spacial score (nSPS) is 11.0. The van der Waals surface area contributed by atoms with Crippen molar-refractivity contribution in [3.05, 3.63) is 93.8 Å². The summed E-state index contributed by atoms with van der Waals surface area (Å²) in [5.74, 6) is 2.37. The number of hydrogen-bond acceptors (Lipinski definition) is 9. The van der Waals surface area contributed by atoms with Crippen molar-refractivity contribution in [3.8, 4) is 17.2 Å². The van der Waals surface area contributed by atoms with Crippen molar-refractivity contribution in [1.82, 2.24) is 15.6 Å². The fraction of sp³-hybridized carbons (Fsp3) is 0.267. The number of nitrogens with one attached hydrogen (secondary N) is 1. The zero-order chi connectivity index (χ0) is 29.0. The van der Waals surface area contributed by atoms with Crippen LogP contribution in [0.25, 0.3) is 0 Å². The van der Waals surface area contributed by atoms with Crippen molar-refractivity contribution in [3.63, 3.8) is 0 Å². The molecule has 0 radical (unpaired) electrons. The average Bonchev–Trinajstić information content (AvgIpc) is 3.44. The minimum atomic E-state index is -0.296. The summed E-state index contributed by atoms with van der Waals surface area (Å²) in [7, 11) is 3.23. The summed E-state index contributed by atoms with van der Waals surface area (Å²) in [6.45, 7) is 2.40. The first-order chi connectivity index (χ1) is 19.9. The third kappa shape index (κ3) is 9.26. The smallest absolute Gasteiger partial charge is 0.277 e. The highest BCUT2D eigenvalue weighted by Crippen LogP contribution is 2.28. The van der Waals surface area contributed by atoms with Crippen molar-refractivity contribution in [2.45, 2.75) is 38.0 Å². The van der Waals surface area contributed by atoms with Gasteiger partial charge in [-0.25, -0.2) is 5.43 Å². The zero-order valence-electron chi connectivity index (χ0n) is 23.1. The molecule has 0 saturated heterocycles. The molecule has 0 aliphatic heterocycles. The first kappa shape index (κ1) is 30.0. The lowest BCUT2D eigenvalue weighted by molar-refractivity contribution is -0.118. The molecule has 9 nitrogen and oxygen atoms in total. The van der Waals surface area contributed by atoms with E-state index >= 15 is 0 Å². The zero-order valence-corrected chi connectivity index (χ0v) is 24.6. The number of halogens is 1. The molecule has 1 N–H and O–H groups in total. The molecule has 41 heavy (non-hydrogen) atoms. The number of hydrogen-bond donors (Lipinski definition) is 1. The van der Waals surface area contributed by atoms with Crippen LogP contribution in [-0.4, -0.2) is 42.3 Å². The minimum Gasteiger partial charge on any atom is -0.496 e. The Bertz CT molecular complexity index is 1480. The molecule has 0 aliphatic carbocycles. The van der Waals surface area contributed by atoms with Crippen molar-refractivity contribution in [2.75, 3.05) is 20.0 Å². The number of aryl methyl sites for hydroxylation is 3. The number of thioether (sulfide) groups is 1. The van der Waals surface area contributed by atoms with Crippen LogP contribution in [0.2, 0.25) is 5.02 Å². The Morgan fingerprint density at radius 1 is 0.976 bits per heavy atom. The maximum atomic E-state index is 12.2. The number of nitrogens with zero attached hydrogens (tertiary/aromatic N) is 3. The van der Waals surface area contributed by atoms with Gasteiger partial charge in [0.05, 0.1) is 26.2 Å². The molecule has 0 aliphatic rings. The van der Waals surface area contributed by atoms with E-state index in [0.29, 0.717) is 40.7 Å². The lowest BCUT2D eigenvalue weighted by Crippen LogP contribution is -2.19. The molecule has 4 rings (SSSR count). The molecule has 1 amide bonds. The number of aromatic nitrogens is 2. The summed E-state index contributed by atoms with van der Waals surface area (Å²) in [6, 6.07) is 19.0. The van der Waals surface area contributed by atoms with Gasteiger partial charge in [0.1, 0.15) is 12.4 Å². The number of amides is 1. The van der Waals surface area contributed by atoms with E-state index in [2.05, 4.69) is 32.9 Å². The summed E-state index contributed by atoms with van der Waals surface area (Å²) < 4.78 is 22.3. The highest BCUT2D eigenvalue weighted by molar-refractivity contribution is 7.99. The van der Waals surface area contributed by atoms with Gasteiger partial charge in [-0.2, -0.15) is 5.10 Å². The molecule has 0 saturated carbocycles. The van der Waals surface area contributed by atoms with Gasteiger partial charge in [-0.05, 0) is 78.4 Å². The number of carbonyl (C=O) groups excluding carboxylic acids is 1. The second kappa shape index (κ2) is 15.1. The number of hydrazone groups is 1. The monoisotopic (exact) mass is 594 g/mol. The Balaban J connectivity index is 1.18. The maximum absolute atomic E-state index is 12.2. The molecule has 0 atom stereocenters. The topological polar surface area (TPSA) is 108 Å². The van der Waals surface area contributed by atoms with E-state index in [1.807, 2.05) is 43.3 Å². The Kier molecular flexibility index (Phi) is 11.0. The van der Waals surface area contributed by atoms with E-state index in [9.17, 15) is 4.79 Å². The lowest BCUT2D eigenvalue weighted by Gasteiger charge is -2.11. The van der Waals surface area contributed by atoms with Crippen LogP contribution >= 0.6 is 23.4 Å². The van der Waals surface area contributed by atoms with Crippen molar-refractivity contribution in [1.29, 1.82) is 0 Å². The van der Waals surface area contributed by atoms with E-state index in [1.54, 1.807) is 26.4 Å². The van der Waals surface area contributed by atoms with E-state index in [0.717, 1.165) is 47.0 Å². The first-order valence-corrected chi connectivity index (χ1v) is 14.3. The number of rotatable bonds is 14. The van der Waals surface area contributed by atoms with Gasteiger partial charge in [0.15, 0.2) is 11.5 Å². The van der Waals surface area contributed by atoms with Gasteiger partial charge in [0, 0.05) is 11.4 Å². The fourth-order valence-electron chi connectivity index (χ4n) is 3.90. The van der Waals surface area contributed by atoms with Crippen LogP contribution in [0.3, 0.4) is 0 Å². The third-order valence-corrected chi connectivity index (χ3v) is 7.06. The van der Waals surface area contributed by atoms with Gasteiger partial charge in [-0.1, -0.05) is 47.6 Å². The summed E-state index contributed by atoms with van der Waals surface area (Å²) in [5, 5.41) is 13.2. The molecule has 0 fully saturated rings. The highest BCUT2D eigenvalue weighted by atomic mass is 35.5. The number of ether oxygens (including phenoxy) is 3. The van der Waals surface area contributed by atoms with Crippen molar-refractivity contribution in [2.24, 2.45) is 5.10 Å². The van der Waals surface area contributed by atoms with Crippen LogP contribution in [0.5, 0.6) is 17.2 Å². The largest absolute Gasteiger partial charge is 0.496 e. The molecule has 0 spiro atoms. The Hall–Kier alpha value is -4.02. The number of benzene rings is 3. The quantitative estimate of drug-likeness (QED) is 0.107. The number of carbonyl (C=O) groups is 1. The molecule has 0 bridgehead atoms. The van der Waals surface area contributed by atoms with Crippen LogP contribution in [-0.2, 0) is 24.2 Å². The Labute approximate surface area is 248 Å². The second-order valence-corrected chi connectivity index (χ2v) is 10.4. The maximum Gasteiger partial charge on any atom is 0.277 e. The Morgan fingerprint density at radius 2 is 1.73 bits per heavy atom. The molecular formula is C30H31ClN4O5S. The fourth-order valence-corrected chi connectivity index (χ4v) is 4.60. The first-order valence-electron chi connectivity index (χ1n) is 12.9. The van der Waals surface area contributed by atoms with E-state index in [1.165, 1.54) is 11.8 Å². The van der Waals surface area contributed by atoms with Gasteiger partial charge in [-0.15, -0.1) is 10.2 Å². The van der Waals surface area contributed by atoms with Gasteiger partial charge >= 0.3 is 0 Å². The van der Waals surface area contributed by atoms with Crippen LogP contribution < -0.4 is 19.6 Å². The van der Waals surface area contributed by atoms with Crippen LogP contribution in [0, 0.1) is 6.92 Å². The lowest BCUT2D eigenvalue weighted by atomic mass is 10.1. The molecule has 3 aromatic carbocycles. The van der Waals surface area contributed by atoms with Gasteiger partial charge < -0.3 is 18.6 Å². The van der Waals surface area contributed by atoms with E-state index in [4.69, 9.17) is 30.2 Å². The van der Waals surface area contributed by atoms with Crippen LogP contribution in [0.15, 0.2) is 75.4 Å². The number of methoxy groups -OCH3 is 2. The molecular weight excluding hydrogens is 564 g/mol. The second-order valence-electron chi connectivity index (χ2n) is 9.03. The Morgan fingerprint density at radius 3 is 2.49 bits per heavy atom. The van der Waals surface area contributed by atoms with Gasteiger partial charge in [-0.3, -0.25) is 4.79 Å².